The van der Waals surface area contributed by atoms with Crippen molar-refractivity contribution in [1.29, 1.82) is 0 Å². The van der Waals surface area contributed by atoms with Crippen LogP contribution in [-0.2, 0) is 29.1 Å². The lowest BCUT2D eigenvalue weighted by atomic mass is 9.53. The van der Waals surface area contributed by atoms with Gasteiger partial charge in [-0.3, -0.25) is 14.3 Å². The lowest BCUT2D eigenvalue weighted by Gasteiger charge is -2.51. The van der Waals surface area contributed by atoms with E-state index in [9.17, 15) is 19.1 Å². The first-order valence-corrected chi connectivity index (χ1v) is 11.6. The largest absolute Gasteiger partial charge is 0.481 e. The van der Waals surface area contributed by atoms with E-state index in [4.69, 9.17) is 5.10 Å². The van der Waals surface area contributed by atoms with Crippen molar-refractivity contribution in [3.63, 3.8) is 0 Å². The fourth-order valence-electron chi connectivity index (χ4n) is 6.06. The highest BCUT2D eigenvalue weighted by atomic mass is 19.1. The molecule has 3 saturated carbocycles. The van der Waals surface area contributed by atoms with Crippen LogP contribution in [0.4, 0.5) is 4.39 Å². The van der Waals surface area contributed by atoms with Gasteiger partial charge in [0.05, 0.1) is 29.9 Å². The van der Waals surface area contributed by atoms with Crippen molar-refractivity contribution >= 4 is 11.9 Å². The van der Waals surface area contributed by atoms with Gasteiger partial charge in [0.25, 0.3) is 0 Å². The number of hydrogen-bond acceptors (Lipinski definition) is 3. The van der Waals surface area contributed by atoms with Crippen molar-refractivity contribution in [3.05, 3.63) is 52.6 Å². The summed E-state index contributed by atoms with van der Waals surface area (Å²) >= 11 is 0. The van der Waals surface area contributed by atoms with Gasteiger partial charge in [0, 0.05) is 13.0 Å². The number of benzene rings is 1. The van der Waals surface area contributed by atoms with E-state index in [-0.39, 0.29) is 17.1 Å². The monoisotopic (exact) mass is 439 g/mol. The minimum absolute atomic E-state index is 0.0289. The fraction of sp³-hybridized carbons (Fsp3) is 0.560. The number of carboxylic acid groups (broad SMARTS) is 1. The van der Waals surface area contributed by atoms with Gasteiger partial charge in [-0.25, -0.2) is 4.39 Å². The molecule has 1 aromatic carbocycles. The summed E-state index contributed by atoms with van der Waals surface area (Å²) in [6.45, 7) is 3.81. The Labute approximate surface area is 187 Å². The molecule has 0 spiro atoms. The lowest BCUT2D eigenvalue weighted by Crippen LogP contribution is -2.48. The maximum atomic E-state index is 13.3. The van der Waals surface area contributed by atoms with Gasteiger partial charge in [-0.05, 0) is 80.5 Å². The van der Waals surface area contributed by atoms with E-state index in [1.165, 1.54) is 17.7 Å². The number of aryl methyl sites for hydroxylation is 1. The molecule has 7 heteroatoms. The predicted molar refractivity (Wildman–Crippen MR) is 116 cm³/mol. The smallest absolute Gasteiger partial charge is 0.309 e. The summed E-state index contributed by atoms with van der Waals surface area (Å²) in [5.41, 5.74) is 3.69. The van der Waals surface area contributed by atoms with Gasteiger partial charge in [-0.15, -0.1) is 0 Å². The number of aromatic nitrogens is 2. The quantitative estimate of drug-likeness (QED) is 0.762. The molecular formula is C25H30FN3O3. The van der Waals surface area contributed by atoms with Gasteiger partial charge in [0.2, 0.25) is 5.91 Å². The van der Waals surface area contributed by atoms with Crippen molar-refractivity contribution < 1.29 is 19.1 Å². The molecule has 2 aromatic rings. The van der Waals surface area contributed by atoms with E-state index < -0.39 is 11.4 Å². The molecule has 1 N–H and O–H groups in total. The number of hydrogen-bond donors (Lipinski definition) is 1. The second-order valence-corrected chi connectivity index (χ2v) is 10.1. The van der Waals surface area contributed by atoms with Gasteiger partial charge in [0.1, 0.15) is 5.82 Å². The van der Waals surface area contributed by atoms with Crippen molar-refractivity contribution in [3.8, 4) is 0 Å². The van der Waals surface area contributed by atoms with Gasteiger partial charge >= 0.3 is 5.97 Å². The van der Waals surface area contributed by atoms with Crippen LogP contribution >= 0.6 is 0 Å². The van der Waals surface area contributed by atoms with Crippen LogP contribution in [0.5, 0.6) is 0 Å². The number of carbonyl (C=O) groups is 2. The van der Waals surface area contributed by atoms with Crippen LogP contribution in [-0.4, -0.2) is 38.2 Å². The number of nitrogens with zero attached hydrogens (tertiary/aromatic N) is 3. The Hall–Kier alpha value is -2.70. The third-order valence-electron chi connectivity index (χ3n) is 8.32. The minimum Gasteiger partial charge on any atom is -0.481 e. The molecule has 1 aromatic heterocycles. The molecule has 0 radical (unpaired) electrons. The highest BCUT2D eigenvalue weighted by Gasteiger charge is 2.53. The lowest BCUT2D eigenvalue weighted by molar-refractivity contribution is -0.160. The Morgan fingerprint density at radius 2 is 1.75 bits per heavy atom. The van der Waals surface area contributed by atoms with Crippen LogP contribution in [0.3, 0.4) is 0 Å². The maximum Gasteiger partial charge on any atom is 0.309 e. The third-order valence-corrected chi connectivity index (χ3v) is 8.32. The average Bonchev–Trinajstić information content (AvgIpc) is 3.11. The van der Waals surface area contributed by atoms with E-state index in [1.807, 2.05) is 16.5 Å². The molecule has 0 saturated heterocycles. The van der Waals surface area contributed by atoms with Crippen molar-refractivity contribution in [2.75, 3.05) is 6.54 Å². The van der Waals surface area contributed by atoms with Gasteiger partial charge in [-0.2, -0.15) is 5.10 Å². The Balaban J connectivity index is 1.29. The molecule has 2 bridgehead atoms. The summed E-state index contributed by atoms with van der Waals surface area (Å²) < 4.78 is 15.2. The summed E-state index contributed by atoms with van der Waals surface area (Å²) in [7, 11) is 0. The molecule has 1 aliphatic heterocycles. The number of aliphatic carboxylic acids is 1. The molecular weight excluding hydrogens is 409 g/mol. The third kappa shape index (κ3) is 3.61. The van der Waals surface area contributed by atoms with Crippen LogP contribution in [0.15, 0.2) is 24.3 Å². The summed E-state index contributed by atoms with van der Waals surface area (Å²) in [5, 5.41) is 14.3. The van der Waals surface area contributed by atoms with Crippen molar-refractivity contribution in [1.82, 2.24) is 14.7 Å². The Morgan fingerprint density at radius 1 is 1.09 bits per heavy atom. The molecule has 4 aliphatic rings. The Bertz CT molecular complexity index is 1030. The molecule has 6 rings (SSSR count). The summed E-state index contributed by atoms with van der Waals surface area (Å²) in [5.74, 6) is -0.743. The Morgan fingerprint density at radius 3 is 2.38 bits per heavy atom. The van der Waals surface area contributed by atoms with Crippen molar-refractivity contribution in [2.45, 2.75) is 71.4 Å². The zero-order valence-electron chi connectivity index (χ0n) is 18.6. The van der Waals surface area contributed by atoms with Crippen LogP contribution in [0.2, 0.25) is 0 Å². The van der Waals surface area contributed by atoms with E-state index in [1.54, 1.807) is 12.1 Å². The summed E-state index contributed by atoms with van der Waals surface area (Å²) in [4.78, 5) is 27.0. The first-order valence-electron chi connectivity index (χ1n) is 11.6. The average molecular weight is 440 g/mol. The van der Waals surface area contributed by atoms with E-state index in [0.717, 1.165) is 42.6 Å². The van der Waals surface area contributed by atoms with Crippen LogP contribution in [0, 0.1) is 23.6 Å². The molecule has 1 amide bonds. The normalized spacial score (nSPS) is 26.8. The molecule has 3 aliphatic carbocycles. The molecule has 32 heavy (non-hydrogen) atoms. The highest BCUT2D eigenvalue weighted by molar-refractivity contribution is 5.78. The summed E-state index contributed by atoms with van der Waals surface area (Å²) in [6, 6.07) is 6.46. The van der Waals surface area contributed by atoms with Gasteiger partial charge in [-0.1, -0.05) is 12.1 Å². The Kier molecular flexibility index (Phi) is 5.10. The number of halogens is 1. The topological polar surface area (TPSA) is 75.4 Å². The summed E-state index contributed by atoms with van der Waals surface area (Å²) in [6.07, 6.45) is 5.92. The second kappa shape index (κ2) is 7.71. The highest BCUT2D eigenvalue weighted by Crippen LogP contribution is 2.58. The molecule has 0 atom stereocenters. The SMILES string of the molecule is Cc1nn(Cc2ccc(F)cc2)c2c1CCN(C(=O)CC13CCC(C(=O)O)(CC1)CC3)C2. The minimum atomic E-state index is -0.662. The van der Waals surface area contributed by atoms with Crippen LogP contribution in [0.1, 0.15) is 67.5 Å². The molecule has 3 fully saturated rings. The van der Waals surface area contributed by atoms with Crippen LogP contribution in [0.25, 0.3) is 0 Å². The number of carboxylic acids is 1. The number of rotatable bonds is 5. The van der Waals surface area contributed by atoms with E-state index >= 15 is 0 Å². The fourth-order valence-corrected chi connectivity index (χ4v) is 6.06. The van der Waals surface area contributed by atoms with Crippen LogP contribution < -0.4 is 0 Å². The number of carbonyl (C=O) groups excluding carboxylic acids is 1. The van der Waals surface area contributed by atoms with Gasteiger partial charge < -0.3 is 10.0 Å². The number of fused-ring (bicyclic) bond motifs is 4. The standard InChI is InChI=1S/C25H30FN3O3/c1-17-20-6-13-28(16-21(20)29(27-17)15-18-2-4-19(26)5-3-18)22(30)14-24-7-10-25(11-8-24,12-9-24)23(31)32/h2-5H,6-16H2,1H3,(H,31,32). The van der Waals surface area contributed by atoms with E-state index in [2.05, 4.69) is 0 Å². The zero-order valence-corrected chi connectivity index (χ0v) is 18.6. The molecule has 170 valence electrons. The predicted octanol–water partition coefficient (Wildman–Crippen LogP) is 4.08. The first-order chi connectivity index (χ1) is 15.3. The van der Waals surface area contributed by atoms with Gasteiger partial charge in [0.15, 0.2) is 0 Å². The first kappa shape index (κ1) is 21.2. The molecule has 0 unspecified atom stereocenters. The molecule has 2 heterocycles. The van der Waals surface area contributed by atoms with E-state index in [0.29, 0.717) is 45.3 Å². The van der Waals surface area contributed by atoms with Crippen molar-refractivity contribution in [2.24, 2.45) is 10.8 Å². The second-order valence-electron chi connectivity index (χ2n) is 10.1. The molecule has 6 nitrogen and oxygen atoms in total. The zero-order chi connectivity index (χ0) is 22.5. The number of amides is 1. The maximum absolute atomic E-state index is 13.3.